The van der Waals surface area contributed by atoms with Gasteiger partial charge in [-0.3, -0.25) is 9.78 Å². The molecule has 8 heteroatoms. The minimum atomic E-state index is -0.0596. The summed E-state index contributed by atoms with van der Waals surface area (Å²) in [6.07, 6.45) is 2.60. The summed E-state index contributed by atoms with van der Waals surface area (Å²) in [5.41, 5.74) is 2.79. The number of methoxy groups -OCH3 is 1. The summed E-state index contributed by atoms with van der Waals surface area (Å²) in [7, 11) is 1.64. The van der Waals surface area contributed by atoms with Crippen LogP contribution in [0.5, 0.6) is 16.7 Å². The molecule has 7 nitrogen and oxygen atoms in total. The molecule has 0 aliphatic rings. The zero-order valence-electron chi connectivity index (χ0n) is 17.5. The van der Waals surface area contributed by atoms with E-state index in [0.29, 0.717) is 29.7 Å². The molecular weight excluding hydrogens is 424 g/mol. The second kappa shape index (κ2) is 10.5. The maximum absolute atomic E-state index is 12.2. The number of amides is 1. The van der Waals surface area contributed by atoms with E-state index in [0.717, 1.165) is 22.6 Å². The van der Waals surface area contributed by atoms with Gasteiger partial charge in [0.15, 0.2) is 5.82 Å². The smallest absolute Gasteiger partial charge is 0.298 e. The predicted molar refractivity (Wildman–Crippen MR) is 122 cm³/mol. The molecule has 2 aromatic heterocycles. The summed E-state index contributed by atoms with van der Waals surface area (Å²) in [5, 5.41) is 3.35. The van der Waals surface area contributed by atoms with Crippen molar-refractivity contribution in [3.8, 4) is 16.7 Å². The van der Waals surface area contributed by atoms with Crippen molar-refractivity contribution in [1.29, 1.82) is 0 Å². The lowest BCUT2D eigenvalue weighted by Gasteiger charge is -2.06. The summed E-state index contributed by atoms with van der Waals surface area (Å²) < 4.78 is 15.4. The Morgan fingerprint density at radius 1 is 1.00 bits per heavy atom. The first-order chi connectivity index (χ1) is 15.7. The number of carbonyl (C=O) groups excluding carboxylic acids is 1. The van der Waals surface area contributed by atoms with E-state index in [4.69, 9.17) is 9.47 Å². The fourth-order valence-electron chi connectivity index (χ4n) is 3.03. The maximum atomic E-state index is 12.2. The van der Waals surface area contributed by atoms with Gasteiger partial charge >= 0.3 is 0 Å². The normalized spacial score (nSPS) is 10.5. The Kier molecular flexibility index (Phi) is 7.04. The number of rotatable bonds is 9. The number of aromatic nitrogens is 3. The minimum absolute atomic E-state index is 0.0596. The number of hydrogen-bond acceptors (Lipinski definition) is 7. The van der Waals surface area contributed by atoms with Gasteiger partial charge in [-0.2, -0.15) is 9.36 Å². The van der Waals surface area contributed by atoms with E-state index in [9.17, 15) is 4.79 Å². The minimum Gasteiger partial charge on any atom is -0.497 e. The largest absolute Gasteiger partial charge is 0.497 e. The number of hydrogen-bond donors (Lipinski definition) is 1. The molecule has 0 aliphatic carbocycles. The Hall–Kier alpha value is -3.78. The molecule has 162 valence electrons. The molecule has 0 saturated heterocycles. The SMILES string of the molecule is COc1cccc(Cc2nsc(Oc3ccc(CC(=O)NCc4ccccn4)cc3)n2)c1. The molecule has 1 amide bonds. The standard InChI is InChI=1S/C24H22N4O3S/c1-30-21-7-4-5-18(13-21)14-22-27-24(32-28-22)31-20-10-8-17(9-11-20)15-23(29)26-16-19-6-2-3-12-25-19/h2-13H,14-16H2,1H3,(H,26,29). The number of nitrogens with one attached hydrogen (secondary N) is 1. The van der Waals surface area contributed by atoms with E-state index in [2.05, 4.69) is 19.7 Å². The third-order valence-electron chi connectivity index (χ3n) is 4.63. The number of ether oxygens (including phenoxy) is 2. The third-order valence-corrected chi connectivity index (χ3v) is 5.26. The number of carbonyl (C=O) groups is 1. The first-order valence-corrected chi connectivity index (χ1v) is 10.8. The molecule has 4 aromatic rings. The van der Waals surface area contributed by atoms with Crippen LogP contribution < -0.4 is 14.8 Å². The summed E-state index contributed by atoms with van der Waals surface area (Å²) in [5.74, 6) is 2.08. The average Bonchev–Trinajstić information content (AvgIpc) is 3.26. The van der Waals surface area contributed by atoms with Gasteiger partial charge < -0.3 is 14.8 Å². The van der Waals surface area contributed by atoms with Crippen molar-refractivity contribution in [1.82, 2.24) is 19.7 Å². The fourth-order valence-corrected chi connectivity index (χ4v) is 3.60. The molecule has 2 aromatic carbocycles. The summed E-state index contributed by atoms with van der Waals surface area (Å²) in [4.78, 5) is 20.8. The highest BCUT2D eigenvalue weighted by Crippen LogP contribution is 2.25. The zero-order valence-corrected chi connectivity index (χ0v) is 18.3. The predicted octanol–water partition coefficient (Wildman–Crippen LogP) is 4.18. The quantitative estimate of drug-likeness (QED) is 0.415. The van der Waals surface area contributed by atoms with E-state index in [1.165, 1.54) is 11.5 Å². The topological polar surface area (TPSA) is 86.2 Å². The van der Waals surface area contributed by atoms with Crippen LogP contribution in [0.3, 0.4) is 0 Å². The van der Waals surface area contributed by atoms with Crippen molar-refractivity contribution in [2.24, 2.45) is 0 Å². The van der Waals surface area contributed by atoms with E-state index in [1.54, 1.807) is 13.3 Å². The van der Waals surface area contributed by atoms with Gasteiger partial charge in [0.05, 0.1) is 25.8 Å². The molecule has 4 rings (SSSR count). The van der Waals surface area contributed by atoms with Crippen molar-refractivity contribution in [2.45, 2.75) is 19.4 Å². The Labute approximate surface area is 190 Å². The highest BCUT2D eigenvalue weighted by molar-refractivity contribution is 7.07. The molecule has 0 saturated carbocycles. The number of nitrogens with zero attached hydrogens (tertiary/aromatic N) is 3. The van der Waals surface area contributed by atoms with Crippen molar-refractivity contribution in [3.63, 3.8) is 0 Å². The molecule has 0 fully saturated rings. The molecule has 0 bridgehead atoms. The molecule has 0 radical (unpaired) electrons. The van der Waals surface area contributed by atoms with Crippen LogP contribution in [0.4, 0.5) is 0 Å². The van der Waals surface area contributed by atoms with Crippen LogP contribution in [-0.2, 0) is 24.2 Å². The fraction of sp³-hybridized carbons (Fsp3) is 0.167. The van der Waals surface area contributed by atoms with Gasteiger partial charge in [-0.05, 0) is 47.5 Å². The van der Waals surface area contributed by atoms with Crippen molar-refractivity contribution in [3.05, 3.63) is 95.6 Å². The van der Waals surface area contributed by atoms with Crippen LogP contribution in [0.15, 0.2) is 72.9 Å². The van der Waals surface area contributed by atoms with E-state index in [-0.39, 0.29) is 12.3 Å². The van der Waals surface area contributed by atoms with Gasteiger partial charge in [0.2, 0.25) is 5.91 Å². The lowest BCUT2D eigenvalue weighted by atomic mass is 10.1. The van der Waals surface area contributed by atoms with Gasteiger partial charge in [-0.1, -0.05) is 30.3 Å². The van der Waals surface area contributed by atoms with E-state index >= 15 is 0 Å². The summed E-state index contributed by atoms with van der Waals surface area (Å²) in [6.45, 7) is 0.413. The molecule has 32 heavy (non-hydrogen) atoms. The van der Waals surface area contributed by atoms with Crippen LogP contribution >= 0.6 is 11.5 Å². The lowest BCUT2D eigenvalue weighted by Crippen LogP contribution is -2.24. The Morgan fingerprint density at radius 2 is 1.88 bits per heavy atom. The van der Waals surface area contributed by atoms with Gasteiger partial charge in [-0.15, -0.1) is 0 Å². The zero-order chi connectivity index (χ0) is 22.2. The van der Waals surface area contributed by atoms with Crippen LogP contribution in [-0.4, -0.2) is 27.4 Å². The van der Waals surface area contributed by atoms with Gasteiger partial charge in [-0.25, -0.2) is 0 Å². The maximum Gasteiger partial charge on any atom is 0.298 e. The van der Waals surface area contributed by atoms with Gasteiger partial charge in [0.25, 0.3) is 5.19 Å². The van der Waals surface area contributed by atoms with Crippen molar-refractivity contribution < 1.29 is 14.3 Å². The summed E-state index contributed by atoms with van der Waals surface area (Å²) in [6, 6.07) is 20.8. The highest BCUT2D eigenvalue weighted by atomic mass is 32.1. The second-order valence-electron chi connectivity index (χ2n) is 7.03. The molecular formula is C24H22N4O3S. The number of pyridine rings is 1. The van der Waals surface area contributed by atoms with Gasteiger partial charge in [0.1, 0.15) is 11.5 Å². The van der Waals surface area contributed by atoms with Crippen LogP contribution in [0.25, 0.3) is 0 Å². The van der Waals surface area contributed by atoms with Crippen LogP contribution in [0, 0.1) is 0 Å². The van der Waals surface area contributed by atoms with E-state index in [1.807, 2.05) is 66.7 Å². The highest BCUT2D eigenvalue weighted by Gasteiger charge is 2.09. The van der Waals surface area contributed by atoms with Crippen LogP contribution in [0.1, 0.15) is 22.6 Å². The van der Waals surface area contributed by atoms with E-state index < -0.39 is 0 Å². The molecule has 2 heterocycles. The first kappa shape index (κ1) is 21.5. The first-order valence-electron chi connectivity index (χ1n) is 10.1. The second-order valence-corrected chi connectivity index (χ2v) is 7.74. The van der Waals surface area contributed by atoms with Crippen LogP contribution in [0.2, 0.25) is 0 Å². The Bertz CT molecular complexity index is 1160. The van der Waals surface area contributed by atoms with Crippen molar-refractivity contribution in [2.75, 3.05) is 7.11 Å². The molecule has 0 aliphatic heterocycles. The molecule has 0 spiro atoms. The summed E-state index contributed by atoms with van der Waals surface area (Å²) >= 11 is 1.21. The Morgan fingerprint density at radius 3 is 2.66 bits per heavy atom. The monoisotopic (exact) mass is 446 g/mol. The lowest BCUT2D eigenvalue weighted by molar-refractivity contribution is -0.120. The molecule has 0 unspecified atom stereocenters. The third kappa shape index (κ3) is 6.12. The van der Waals surface area contributed by atoms with Gasteiger partial charge in [0, 0.05) is 24.2 Å². The Balaban J connectivity index is 1.28. The average molecular weight is 447 g/mol. The van der Waals surface area contributed by atoms with Crippen molar-refractivity contribution >= 4 is 17.4 Å². The molecule has 1 N–H and O–H groups in total. The molecule has 0 atom stereocenters. The number of benzene rings is 2.